The topological polar surface area (TPSA) is 26.3 Å². The number of allylic oxidation sites excluding steroid dienone is 2. The van der Waals surface area contributed by atoms with Crippen LogP contribution in [-0.2, 0) is 9.22 Å². The average molecular weight is 212 g/mol. The Morgan fingerprint density at radius 1 is 1.36 bits per heavy atom. The molecule has 0 rings (SSSR count). The highest BCUT2D eigenvalue weighted by molar-refractivity contribution is 6.74. The van der Waals surface area contributed by atoms with E-state index in [0.717, 1.165) is 6.29 Å². The van der Waals surface area contributed by atoms with Crippen molar-refractivity contribution in [1.29, 1.82) is 0 Å². The van der Waals surface area contributed by atoms with Gasteiger partial charge in [-0.2, -0.15) is 0 Å². The van der Waals surface area contributed by atoms with Gasteiger partial charge in [-0.25, -0.2) is 0 Å². The fraction of sp³-hybridized carbons (Fsp3) is 0.545. The quantitative estimate of drug-likeness (QED) is 0.235. The van der Waals surface area contributed by atoms with E-state index in [0.29, 0.717) is 5.76 Å². The summed E-state index contributed by atoms with van der Waals surface area (Å²) >= 11 is 0. The van der Waals surface area contributed by atoms with E-state index < -0.39 is 8.32 Å². The lowest BCUT2D eigenvalue weighted by atomic mass is 10.2. The molecule has 0 unspecified atom stereocenters. The van der Waals surface area contributed by atoms with Crippen molar-refractivity contribution in [3.63, 3.8) is 0 Å². The molecule has 80 valence electrons. The van der Waals surface area contributed by atoms with Gasteiger partial charge in [0.15, 0.2) is 0 Å². The summed E-state index contributed by atoms with van der Waals surface area (Å²) in [6.07, 6.45) is 3.71. The Balaban J connectivity index is 4.73. The minimum Gasteiger partial charge on any atom is -0.543 e. The van der Waals surface area contributed by atoms with Crippen molar-refractivity contribution in [3.05, 3.63) is 24.5 Å². The van der Waals surface area contributed by atoms with Gasteiger partial charge >= 0.3 is 0 Å². The van der Waals surface area contributed by atoms with Crippen LogP contribution < -0.4 is 0 Å². The van der Waals surface area contributed by atoms with Crippen molar-refractivity contribution < 1.29 is 9.22 Å². The van der Waals surface area contributed by atoms with E-state index in [2.05, 4.69) is 40.4 Å². The summed E-state index contributed by atoms with van der Waals surface area (Å²) in [5.41, 5.74) is 0. The van der Waals surface area contributed by atoms with Crippen LogP contribution in [0.3, 0.4) is 0 Å². The lowest BCUT2D eigenvalue weighted by Gasteiger charge is -2.36. The Labute approximate surface area is 87.8 Å². The third kappa shape index (κ3) is 3.50. The van der Waals surface area contributed by atoms with Gasteiger partial charge < -0.3 is 4.43 Å². The molecule has 0 heterocycles. The van der Waals surface area contributed by atoms with Crippen molar-refractivity contribution >= 4 is 14.6 Å². The van der Waals surface area contributed by atoms with Gasteiger partial charge in [-0.1, -0.05) is 27.4 Å². The Morgan fingerprint density at radius 2 is 1.86 bits per heavy atom. The molecule has 0 aromatic heterocycles. The molecule has 0 aliphatic heterocycles. The molecule has 0 spiro atoms. The van der Waals surface area contributed by atoms with Crippen molar-refractivity contribution in [2.24, 2.45) is 0 Å². The Hall–Kier alpha value is -0.833. The number of rotatable bonds is 4. The molecule has 0 saturated heterocycles. The predicted octanol–water partition coefficient (Wildman–Crippen LogP) is 3.28. The molecule has 0 aliphatic carbocycles. The van der Waals surface area contributed by atoms with Gasteiger partial charge in [0, 0.05) is 6.08 Å². The lowest BCUT2D eigenvalue weighted by Crippen LogP contribution is -2.40. The summed E-state index contributed by atoms with van der Waals surface area (Å²) in [7, 11) is -1.82. The molecule has 0 bridgehead atoms. The predicted molar refractivity (Wildman–Crippen MR) is 62.6 cm³/mol. The Morgan fingerprint density at radius 3 is 2.14 bits per heavy atom. The molecule has 0 fully saturated rings. The maximum Gasteiger partial charge on any atom is 0.250 e. The van der Waals surface area contributed by atoms with Gasteiger partial charge in [0.2, 0.25) is 8.32 Å². The number of hydrogen-bond acceptors (Lipinski definition) is 2. The fourth-order valence-corrected chi connectivity index (χ4v) is 1.71. The van der Waals surface area contributed by atoms with Crippen LogP contribution in [0, 0.1) is 0 Å². The number of carbonyl (C=O) groups excluding carboxylic acids is 1. The summed E-state index contributed by atoms with van der Waals surface area (Å²) in [4.78, 5) is 10.3. The first-order valence-corrected chi connectivity index (χ1v) is 7.62. The Bertz CT molecular complexity index is 247. The summed E-state index contributed by atoms with van der Waals surface area (Å²) in [6, 6.07) is 0. The van der Waals surface area contributed by atoms with E-state index in [9.17, 15) is 4.79 Å². The standard InChI is InChI=1S/C11H20O2Si/c1-7-10(8-9-12)13-14(5,6)11(2,3)4/h7-9H,1H2,2-6H3/b10-8+. The molecule has 0 N–H and O–H groups in total. The zero-order chi connectivity index (χ0) is 11.4. The van der Waals surface area contributed by atoms with E-state index in [1.54, 1.807) is 6.08 Å². The first-order chi connectivity index (χ1) is 6.24. The molecule has 0 saturated carbocycles. The first kappa shape index (κ1) is 13.2. The average Bonchev–Trinajstić information content (AvgIpc) is 2.01. The summed E-state index contributed by atoms with van der Waals surface area (Å²) in [6.45, 7) is 14.3. The van der Waals surface area contributed by atoms with Crippen molar-refractivity contribution in [3.8, 4) is 0 Å². The van der Waals surface area contributed by atoms with Crippen LogP contribution in [0.4, 0.5) is 0 Å². The van der Waals surface area contributed by atoms with E-state index in [1.165, 1.54) is 6.08 Å². The van der Waals surface area contributed by atoms with Crippen LogP contribution in [0.1, 0.15) is 20.8 Å². The van der Waals surface area contributed by atoms with Crippen LogP contribution >= 0.6 is 0 Å². The van der Waals surface area contributed by atoms with E-state index in [1.807, 2.05) is 0 Å². The largest absolute Gasteiger partial charge is 0.543 e. The van der Waals surface area contributed by atoms with E-state index in [4.69, 9.17) is 4.43 Å². The number of carbonyl (C=O) groups is 1. The van der Waals surface area contributed by atoms with Crippen molar-refractivity contribution in [2.75, 3.05) is 0 Å². The molecule has 0 aliphatic rings. The van der Waals surface area contributed by atoms with Crippen molar-refractivity contribution in [1.82, 2.24) is 0 Å². The van der Waals surface area contributed by atoms with Gasteiger partial charge in [0.05, 0.1) is 0 Å². The molecule has 3 heteroatoms. The molecule has 0 amide bonds. The monoisotopic (exact) mass is 212 g/mol. The summed E-state index contributed by atoms with van der Waals surface area (Å²) in [5, 5.41) is 0.137. The van der Waals surface area contributed by atoms with E-state index >= 15 is 0 Å². The highest BCUT2D eigenvalue weighted by atomic mass is 28.4. The second kappa shape index (κ2) is 4.60. The second-order valence-corrected chi connectivity index (χ2v) is 9.50. The third-order valence-electron chi connectivity index (χ3n) is 2.61. The van der Waals surface area contributed by atoms with Gasteiger partial charge in [-0.05, 0) is 24.2 Å². The Kier molecular flexibility index (Phi) is 4.32. The van der Waals surface area contributed by atoms with Crippen LogP contribution in [-0.4, -0.2) is 14.6 Å². The van der Waals surface area contributed by atoms with Crippen LogP contribution in [0.25, 0.3) is 0 Å². The minimum absolute atomic E-state index is 0.137. The third-order valence-corrected chi connectivity index (χ3v) is 6.97. The molecule has 0 aromatic carbocycles. The maximum absolute atomic E-state index is 10.3. The number of aldehydes is 1. The summed E-state index contributed by atoms with van der Waals surface area (Å²) < 4.78 is 5.84. The van der Waals surface area contributed by atoms with Crippen LogP contribution in [0.15, 0.2) is 24.5 Å². The minimum atomic E-state index is -1.82. The fourth-order valence-electron chi connectivity index (χ4n) is 0.659. The highest BCUT2D eigenvalue weighted by Gasteiger charge is 2.38. The zero-order valence-electron chi connectivity index (χ0n) is 9.76. The summed E-state index contributed by atoms with van der Waals surface area (Å²) in [5.74, 6) is 0.576. The molecular weight excluding hydrogens is 192 g/mol. The maximum atomic E-state index is 10.3. The zero-order valence-corrected chi connectivity index (χ0v) is 10.8. The molecule has 2 nitrogen and oxygen atoms in total. The SMILES string of the molecule is C=C/C(=C\C=O)O[Si](C)(C)C(C)(C)C. The van der Waals surface area contributed by atoms with Crippen molar-refractivity contribution in [2.45, 2.75) is 38.9 Å². The highest BCUT2D eigenvalue weighted by Crippen LogP contribution is 2.37. The second-order valence-electron chi connectivity index (χ2n) is 4.77. The first-order valence-electron chi connectivity index (χ1n) is 4.71. The van der Waals surface area contributed by atoms with Gasteiger partial charge in [0.25, 0.3) is 0 Å². The molecular formula is C11H20O2Si. The van der Waals surface area contributed by atoms with Crippen LogP contribution in [0.5, 0.6) is 0 Å². The number of hydrogen-bond donors (Lipinski definition) is 0. The molecule has 0 atom stereocenters. The van der Waals surface area contributed by atoms with E-state index in [-0.39, 0.29) is 5.04 Å². The smallest absolute Gasteiger partial charge is 0.250 e. The molecule has 0 aromatic rings. The van der Waals surface area contributed by atoms with Crippen LogP contribution in [0.2, 0.25) is 18.1 Å². The molecule has 0 radical (unpaired) electrons. The lowest BCUT2D eigenvalue weighted by molar-refractivity contribution is -0.104. The molecule has 14 heavy (non-hydrogen) atoms. The van der Waals surface area contributed by atoms with Gasteiger partial charge in [-0.15, -0.1) is 0 Å². The van der Waals surface area contributed by atoms with Gasteiger partial charge in [0.1, 0.15) is 12.0 Å². The normalized spacial score (nSPS) is 13.6. The van der Waals surface area contributed by atoms with Gasteiger partial charge in [-0.3, -0.25) is 4.79 Å².